The van der Waals surface area contributed by atoms with E-state index in [0.717, 1.165) is 24.3 Å². The number of esters is 1. The fourth-order valence-electron chi connectivity index (χ4n) is 2.29. The van der Waals surface area contributed by atoms with E-state index in [1.54, 1.807) is 36.4 Å². The molecule has 0 fully saturated rings. The van der Waals surface area contributed by atoms with Crippen LogP contribution in [0.2, 0.25) is 0 Å². The first-order valence-electron chi connectivity index (χ1n) is 9.31. The highest BCUT2D eigenvalue weighted by Gasteiger charge is 2.03. The van der Waals surface area contributed by atoms with Crippen molar-refractivity contribution in [2.75, 3.05) is 13.7 Å². The topological polar surface area (TPSA) is 68.1 Å². The normalized spacial score (nSPS) is 10.3. The quantitative estimate of drug-likeness (QED) is 0.155. The Kier molecular flexibility index (Phi) is 11.7. The number of methoxy groups -OCH3 is 1. The highest BCUT2D eigenvalue weighted by molar-refractivity contribution is 6.69. The van der Waals surface area contributed by atoms with Crippen LogP contribution in [0.5, 0.6) is 5.75 Å². The van der Waals surface area contributed by atoms with Gasteiger partial charge in [-0.3, -0.25) is 0 Å². The lowest BCUT2D eigenvalue weighted by Gasteiger charge is -2.06. The number of terminal acetylenes is 1. The lowest BCUT2D eigenvalue weighted by molar-refractivity contribution is 0.0600. The number of unbranched alkanes of at least 4 members (excludes halogenated alkanes) is 3. The van der Waals surface area contributed by atoms with Crippen molar-refractivity contribution in [3.8, 4) is 18.1 Å². The average Bonchev–Trinajstić information content (AvgIpc) is 2.78. The molecule has 0 aliphatic rings. The van der Waals surface area contributed by atoms with Crippen LogP contribution in [-0.4, -0.2) is 30.1 Å². The van der Waals surface area contributed by atoms with Crippen LogP contribution in [0, 0.1) is 12.3 Å². The fraction of sp³-hybridized carbons (Fsp3) is 0.304. The van der Waals surface area contributed by atoms with Gasteiger partial charge in [0.15, 0.2) is 5.17 Å². The first-order valence-corrected chi connectivity index (χ1v) is 9.69. The SMILES string of the molecule is C#Cc1ccc(C(=O)OC)cc1.CCCCCCOc1ccc(/C(Cl)=N\O)cc1. The van der Waals surface area contributed by atoms with Crippen molar-refractivity contribution in [1.82, 2.24) is 0 Å². The second-order valence-corrected chi connectivity index (χ2v) is 6.40. The molecule has 6 heteroatoms. The summed E-state index contributed by atoms with van der Waals surface area (Å²) in [5.74, 6) is 2.92. The average molecular weight is 416 g/mol. The van der Waals surface area contributed by atoms with Gasteiger partial charge in [-0.1, -0.05) is 48.9 Å². The highest BCUT2D eigenvalue weighted by atomic mass is 35.5. The predicted molar refractivity (Wildman–Crippen MR) is 116 cm³/mol. The molecule has 0 heterocycles. The first kappa shape index (κ1) is 24.1. The molecule has 0 unspecified atom stereocenters. The summed E-state index contributed by atoms with van der Waals surface area (Å²) in [6, 6.07) is 13.9. The summed E-state index contributed by atoms with van der Waals surface area (Å²) < 4.78 is 10.1. The van der Waals surface area contributed by atoms with Crippen LogP contribution in [0.1, 0.15) is 54.1 Å². The van der Waals surface area contributed by atoms with Gasteiger partial charge >= 0.3 is 5.97 Å². The van der Waals surface area contributed by atoms with E-state index >= 15 is 0 Å². The van der Waals surface area contributed by atoms with Crippen molar-refractivity contribution in [3.63, 3.8) is 0 Å². The second-order valence-electron chi connectivity index (χ2n) is 6.04. The molecule has 2 aromatic rings. The van der Waals surface area contributed by atoms with Gasteiger partial charge in [0.2, 0.25) is 0 Å². The molecule has 1 N–H and O–H groups in total. The molecule has 0 aliphatic heterocycles. The molecular weight excluding hydrogens is 390 g/mol. The predicted octanol–water partition coefficient (Wildman–Crippen LogP) is 5.47. The number of ether oxygens (including phenoxy) is 2. The molecule has 29 heavy (non-hydrogen) atoms. The van der Waals surface area contributed by atoms with Crippen molar-refractivity contribution in [2.24, 2.45) is 5.16 Å². The van der Waals surface area contributed by atoms with Crippen LogP contribution in [0.3, 0.4) is 0 Å². The van der Waals surface area contributed by atoms with Crippen LogP contribution in [0.15, 0.2) is 53.7 Å². The number of benzene rings is 2. The zero-order chi connectivity index (χ0) is 21.5. The molecule has 0 atom stereocenters. The summed E-state index contributed by atoms with van der Waals surface area (Å²) in [7, 11) is 1.34. The summed E-state index contributed by atoms with van der Waals surface area (Å²) in [4.78, 5) is 10.9. The largest absolute Gasteiger partial charge is 0.494 e. The maximum atomic E-state index is 10.9. The monoisotopic (exact) mass is 415 g/mol. The van der Waals surface area contributed by atoms with Crippen LogP contribution >= 0.6 is 11.6 Å². The van der Waals surface area contributed by atoms with Crippen molar-refractivity contribution in [3.05, 3.63) is 65.2 Å². The zero-order valence-electron chi connectivity index (χ0n) is 16.7. The number of hydrogen-bond donors (Lipinski definition) is 1. The van der Waals surface area contributed by atoms with E-state index in [1.165, 1.54) is 26.4 Å². The lowest BCUT2D eigenvalue weighted by atomic mass is 10.1. The van der Waals surface area contributed by atoms with E-state index in [2.05, 4.69) is 22.7 Å². The maximum absolute atomic E-state index is 10.9. The number of carbonyl (C=O) groups is 1. The number of carbonyl (C=O) groups excluding carboxylic acids is 1. The van der Waals surface area contributed by atoms with Crippen molar-refractivity contribution >= 4 is 22.7 Å². The Bertz CT molecular complexity index is 808. The van der Waals surface area contributed by atoms with E-state index in [4.69, 9.17) is 28.0 Å². The summed E-state index contributed by atoms with van der Waals surface area (Å²) in [6.45, 7) is 2.92. The highest BCUT2D eigenvalue weighted by Crippen LogP contribution is 2.14. The van der Waals surface area contributed by atoms with Gasteiger partial charge in [-0.05, 0) is 55.0 Å². The van der Waals surface area contributed by atoms with Crippen molar-refractivity contribution in [1.29, 1.82) is 0 Å². The Balaban J connectivity index is 0.000000308. The fourth-order valence-corrected chi connectivity index (χ4v) is 2.41. The van der Waals surface area contributed by atoms with Crippen LogP contribution in [0.4, 0.5) is 0 Å². The molecule has 0 aliphatic carbocycles. The number of halogens is 1. The maximum Gasteiger partial charge on any atom is 0.337 e. The van der Waals surface area contributed by atoms with Crippen molar-refractivity contribution < 1.29 is 19.5 Å². The van der Waals surface area contributed by atoms with E-state index in [0.29, 0.717) is 11.1 Å². The van der Waals surface area contributed by atoms with Gasteiger partial charge in [0.1, 0.15) is 5.75 Å². The summed E-state index contributed by atoms with van der Waals surface area (Å²) in [5, 5.41) is 11.5. The van der Waals surface area contributed by atoms with E-state index in [9.17, 15) is 4.79 Å². The van der Waals surface area contributed by atoms with Crippen LogP contribution in [0.25, 0.3) is 0 Å². The number of hydrogen-bond acceptors (Lipinski definition) is 5. The third kappa shape index (κ3) is 9.18. The lowest BCUT2D eigenvalue weighted by Crippen LogP contribution is -2.00. The minimum absolute atomic E-state index is 0.0829. The van der Waals surface area contributed by atoms with E-state index in [1.807, 2.05) is 12.1 Å². The molecule has 2 aromatic carbocycles. The summed E-state index contributed by atoms with van der Waals surface area (Å²) in [5.41, 5.74) is 1.94. The minimum atomic E-state index is -0.349. The van der Waals surface area contributed by atoms with Gasteiger partial charge in [0.25, 0.3) is 0 Å². The molecule has 5 nitrogen and oxygen atoms in total. The Hall–Kier alpha value is -2.97. The Morgan fingerprint density at radius 1 is 1.07 bits per heavy atom. The molecule has 0 saturated carbocycles. The molecule has 0 spiro atoms. The Morgan fingerprint density at radius 3 is 2.21 bits per heavy atom. The molecule has 0 saturated heterocycles. The van der Waals surface area contributed by atoms with Crippen LogP contribution < -0.4 is 4.74 Å². The van der Waals surface area contributed by atoms with Gasteiger partial charge < -0.3 is 14.7 Å². The number of rotatable bonds is 8. The molecule has 0 bridgehead atoms. The Morgan fingerprint density at radius 2 is 1.69 bits per heavy atom. The van der Waals surface area contributed by atoms with Gasteiger partial charge in [0, 0.05) is 11.1 Å². The Labute approximate surface area is 177 Å². The zero-order valence-corrected chi connectivity index (χ0v) is 17.5. The molecule has 2 rings (SSSR count). The minimum Gasteiger partial charge on any atom is -0.494 e. The van der Waals surface area contributed by atoms with Gasteiger partial charge in [-0.25, -0.2) is 4.79 Å². The third-order valence-electron chi connectivity index (χ3n) is 3.92. The standard InChI is InChI=1S/C13H18ClNO2.C10H8O2/c1-2-3-4-5-10-17-12-8-6-11(7-9-12)13(14)15-16;1-3-8-4-6-9(7-5-8)10(11)12-2/h6-9,16H,2-5,10H2,1H3;1,4-7H,2H3/b15-13+;. The first-order chi connectivity index (χ1) is 14.0. The smallest absolute Gasteiger partial charge is 0.337 e. The number of oxime groups is 1. The molecule has 0 radical (unpaired) electrons. The molecular formula is C23H26ClNO4. The summed E-state index contributed by atoms with van der Waals surface area (Å²) in [6.07, 6.45) is 9.91. The van der Waals surface area contributed by atoms with E-state index in [-0.39, 0.29) is 11.1 Å². The second kappa shape index (κ2) is 14.1. The number of nitrogens with zero attached hydrogens (tertiary/aromatic N) is 1. The van der Waals surface area contributed by atoms with Gasteiger partial charge in [-0.2, -0.15) is 0 Å². The molecule has 154 valence electrons. The van der Waals surface area contributed by atoms with Gasteiger partial charge in [0.05, 0.1) is 19.3 Å². The summed E-state index contributed by atoms with van der Waals surface area (Å²) >= 11 is 5.66. The molecule has 0 amide bonds. The van der Waals surface area contributed by atoms with Crippen molar-refractivity contribution in [2.45, 2.75) is 32.6 Å². The van der Waals surface area contributed by atoms with E-state index < -0.39 is 0 Å². The van der Waals surface area contributed by atoms with Gasteiger partial charge in [-0.15, -0.1) is 6.42 Å². The molecule has 0 aromatic heterocycles. The third-order valence-corrected chi connectivity index (χ3v) is 4.21. The van der Waals surface area contributed by atoms with Crippen LogP contribution in [-0.2, 0) is 4.74 Å².